The topological polar surface area (TPSA) is 114 Å². The van der Waals surface area contributed by atoms with E-state index in [9.17, 15) is 13.2 Å². The molecule has 0 aliphatic carbocycles. The molecule has 1 aliphatic rings. The Morgan fingerprint density at radius 2 is 2.25 bits per heavy atom. The van der Waals surface area contributed by atoms with Crippen LogP contribution >= 0.6 is 11.6 Å². The van der Waals surface area contributed by atoms with E-state index in [-0.39, 0.29) is 34.0 Å². The lowest BCUT2D eigenvalue weighted by atomic mass is 10.1. The van der Waals surface area contributed by atoms with E-state index in [1.165, 1.54) is 12.3 Å². The summed E-state index contributed by atoms with van der Waals surface area (Å²) in [5.41, 5.74) is 2.56. The molecule has 2 heterocycles. The SMILES string of the molecule is NNc1ncc(C(=O)NC2CCCS(=O)(=O)C2)cc1Cl. The van der Waals surface area contributed by atoms with E-state index in [0.717, 1.165) is 0 Å². The predicted molar refractivity (Wildman–Crippen MR) is 76.2 cm³/mol. The minimum atomic E-state index is -3.06. The average Bonchev–Trinajstić information content (AvgIpc) is 2.37. The van der Waals surface area contributed by atoms with Crippen molar-refractivity contribution in [1.82, 2.24) is 10.3 Å². The van der Waals surface area contributed by atoms with Gasteiger partial charge in [0.05, 0.1) is 22.1 Å². The van der Waals surface area contributed by atoms with Crippen LogP contribution in [0, 0.1) is 0 Å². The number of carbonyl (C=O) groups is 1. The van der Waals surface area contributed by atoms with Crippen LogP contribution in [0.1, 0.15) is 23.2 Å². The fraction of sp³-hybridized carbons (Fsp3) is 0.455. The van der Waals surface area contributed by atoms with E-state index in [4.69, 9.17) is 17.4 Å². The highest BCUT2D eigenvalue weighted by Gasteiger charge is 2.26. The monoisotopic (exact) mass is 318 g/mol. The number of sulfone groups is 1. The maximum Gasteiger partial charge on any atom is 0.253 e. The standard InChI is InChI=1S/C11H15ClN4O3S/c12-9-4-7(5-14-10(9)16-13)11(17)15-8-2-1-3-20(18,19)6-8/h4-5,8H,1-3,6,13H2,(H,14,16)(H,15,17). The lowest BCUT2D eigenvalue weighted by Gasteiger charge is -2.23. The van der Waals surface area contributed by atoms with E-state index < -0.39 is 15.7 Å². The summed E-state index contributed by atoms with van der Waals surface area (Å²) in [5.74, 6) is 5.22. The molecular weight excluding hydrogens is 304 g/mol. The molecular formula is C11H15ClN4O3S. The molecule has 1 atom stereocenters. The zero-order valence-electron chi connectivity index (χ0n) is 10.6. The summed E-state index contributed by atoms with van der Waals surface area (Å²) >= 11 is 5.88. The lowest BCUT2D eigenvalue weighted by molar-refractivity contribution is 0.0938. The molecule has 1 aliphatic heterocycles. The van der Waals surface area contributed by atoms with Crippen LogP contribution in [-0.2, 0) is 9.84 Å². The number of hydrogen-bond acceptors (Lipinski definition) is 6. The molecule has 0 aromatic carbocycles. The van der Waals surface area contributed by atoms with Gasteiger partial charge in [-0.25, -0.2) is 19.2 Å². The van der Waals surface area contributed by atoms with Gasteiger partial charge in [-0.3, -0.25) is 4.79 Å². The molecule has 1 aromatic heterocycles. The summed E-state index contributed by atoms with van der Waals surface area (Å²) in [6, 6.07) is 1.06. The first-order chi connectivity index (χ1) is 9.41. The number of nitrogens with one attached hydrogen (secondary N) is 2. The van der Waals surface area contributed by atoms with E-state index >= 15 is 0 Å². The summed E-state index contributed by atoms with van der Waals surface area (Å²) in [6.07, 6.45) is 2.53. The van der Waals surface area contributed by atoms with Crippen LogP contribution in [0.5, 0.6) is 0 Å². The van der Waals surface area contributed by atoms with Gasteiger partial charge >= 0.3 is 0 Å². The normalized spacial score (nSPS) is 21.2. The smallest absolute Gasteiger partial charge is 0.253 e. The Morgan fingerprint density at radius 1 is 1.50 bits per heavy atom. The van der Waals surface area contributed by atoms with Crippen LogP contribution in [-0.4, -0.2) is 36.9 Å². The number of aromatic nitrogens is 1. The number of amides is 1. The summed E-state index contributed by atoms with van der Waals surface area (Å²) in [5, 5.41) is 2.91. The average molecular weight is 319 g/mol. The second-order valence-electron chi connectivity index (χ2n) is 4.63. The summed E-state index contributed by atoms with van der Waals surface area (Å²) in [7, 11) is -3.06. The van der Waals surface area contributed by atoms with Crippen LogP contribution in [0.3, 0.4) is 0 Å². The number of pyridine rings is 1. The van der Waals surface area contributed by atoms with Crippen molar-refractivity contribution >= 4 is 33.2 Å². The molecule has 2 rings (SSSR count). The molecule has 1 fully saturated rings. The van der Waals surface area contributed by atoms with Gasteiger partial charge in [0.15, 0.2) is 15.7 Å². The Hall–Kier alpha value is -1.38. The lowest BCUT2D eigenvalue weighted by Crippen LogP contribution is -2.43. The number of nitrogens with zero attached hydrogens (tertiary/aromatic N) is 1. The number of carbonyl (C=O) groups excluding carboxylic acids is 1. The Morgan fingerprint density at radius 3 is 2.85 bits per heavy atom. The van der Waals surface area contributed by atoms with Gasteiger partial charge in [-0.1, -0.05) is 11.6 Å². The summed E-state index contributed by atoms with van der Waals surface area (Å²) < 4.78 is 23.0. The van der Waals surface area contributed by atoms with Gasteiger partial charge in [-0.2, -0.15) is 0 Å². The zero-order valence-corrected chi connectivity index (χ0v) is 12.2. The number of nitrogen functional groups attached to an aromatic ring is 1. The van der Waals surface area contributed by atoms with E-state index in [1.807, 2.05) is 0 Å². The van der Waals surface area contributed by atoms with Crippen molar-refractivity contribution in [3.05, 3.63) is 22.8 Å². The van der Waals surface area contributed by atoms with Crippen LogP contribution < -0.4 is 16.6 Å². The van der Waals surface area contributed by atoms with Gasteiger partial charge in [0.2, 0.25) is 0 Å². The minimum Gasteiger partial charge on any atom is -0.348 e. The van der Waals surface area contributed by atoms with Gasteiger partial charge in [-0.15, -0.1) is 0 Å². The van der Waals surface area contributed by atoms with Crippen LogP contribution in [0.2, 0.25) is 5.02 Å². The van der Waals surface area contributed by atoms with Crippen molar-refractivity contribution in [3.8, 4) is 0 Å². The highest BCUT2D eigenvalue weighted by atomic mass is 35.5. The predicted octanol–water partition coefficient (Wildman–Crippen LogP) is 0.328. The molecule has 0 bridgehead atoms. The molecule has 0 spiro atoms. The van der Waals surface area contributed by atoms with Gasteiger partial charge < -0.3 is 10.7 Å². The van der Waals surface area contributed by atoms with Crippen molar-refractivity contribution < 1.29 is 13.2 Å². The zero-order chi connectivity index (χ0) is 14.8. The van der Waals surface area contributed by atoms with Crippen molar-refractivity contribution in [3.63, 3.8) is 0 Å². The second-order valence-corrected chi connectivity index (χ2v) is 7.26. The molecule has 110 valence electrons. The molecule has 4 N–H and O–H groups in total. The van der Waals surface area contributed by atoms with Crippen molar-refractivity contribution in [2.75, 3.05) is 16.9 Å². The van der Waals surface area contributed by atoms with Gasteiger partial charge in [0, 0.05) is 12.2 Å². The second kappa shape index (κ2) is 5.94. The third-order valence-corrected chi connectivity index (χ3v) is 5.15. The van der Waals surface area contributed by atoms with Crippen molar-refractivity contribution in [2.24, 2.45) is 5.84 Å². The fourth-order valence-corrected chi connectivity index (χ4v) is 3.93. The third kappa shape index (κ3) is 3.59. The molecule has 9 heteroatoms. The van der Waals surface area contributed by atoms with Crippen molar-refractivity contribution in [1.29, 1.82) is 0 Å². The number of hydrogen-bond donors (Lipinski definition) is 3. The van der Waals surface area contributed by atoms with E-state index in [1.54, 1.807) is 0 Å². The molecule has 1 amide bonds. The van der Waals surface area contributed by atoms with Crippen LogP contribution in [0.25, 0.3) is 0 Å². The Kier molecular flexibility index (Phi) is 4.46. The molecule has 0 radical (unpaired) electrons. The number of anilines is 1. The Balaban J connectivity index is 2.06. The molecule has 1 saturated heterocycles. The summed E-state index contributed by atoms with van der Waals surface area (Å²) in [4.78, 5) is 15.9. The minimum absolute atomic E-state index is 0.0255. The molecule has 0 saturated carbocycles. The maximum absolute atomic E-state index is 12.0. The number of rotatable bonds is 3. The van der Waals surface area contributed by atoms with Gasteiger partial charge in [-0.05, 0) is 18.9 Å². The highest BCUT2D eigenvalue weighted by Crippen LogP contribution is 2.19. The molecule has 1 unspecified atom stereocenters. The van der Waals surface area contributed by atoms with E-state index in [2.05, 4.69) is 15.7 Å². The third-order valence-electron chi connectivity index (χ3n) is 3.04. The van der Waals surface area contributed by atoms with Crippen LogP contribution in [0.15, 0.2) is 12.3 Å². The van der Waals surface area contributed by atoms with Crippen molar-refractivity contribution in [2.45, 2.75) is 18.9 Å². The fourth-order valence-electron chi connectivity index (χ4n) is 2.07. The maximum atomic E-state index is 12.0. The number of halogens is 1. The summed E-state index contributed by atoms with van der Waals surface area (Å²) in [6.45, 7) is 0. The molecule has 20 heavy (non-hydrogen) atoms. The first kappa shape index (κ1) is 15.0. The largest absolute Gasteiger partial charge is 0.348 e. The first-order valence-electron chi connectivity index (χ1n) is 6.05. The number of hydrazine groups is 1. The Labute approximate surface area is 121 Å². The van der Waals surface area contributed by atoms with Gasteiger partial charge in [0.1, 0.15) is 0 Å². The van der Waals surface area contributed by atoms with Gasteiger partial charge in [0.25, 0.3) is 5.91 Å². The first-order valence-corrected chi connectivity index (χ1v) is 8.24. The van der Waals surface area contributed by atoms with Crippen LogP contribution in [0.4, 0.5) is 5.82 Å². The Bertz CT molecular complexity index is 620. The molecule has 7 nitrogen and oxygen atoms in total. The number of nitrogens with two attached hydrogens (primary N) is 1. The quantitative estimate of drug-likeness (QED) is 0.546. The van der Waals surface area contributed by atoms with E-state index in [0.29, 0.717) is 12.8 Å². The molecule has 1 aromatic rings. The highest BCUT2D eigenvalue weighted by molar-refractivity contribution is 7.91.